The first-order valence-electron chi connectivity index (χ1n) is 9.68. The van der Waals surface area contributed by atoms with Gasteiger partial charge >= 0.3 is 0 Å². The Balaban J connectivity index is 1.73. The molecule has 0 fully saturated rings. The Bertz CT molecular complexity index is 1170. The zero-order valence-electron chi connectivity index (χ0n) is 16.4. The highest BCUT2D eigenvalue weighted by Crippen LogP contribution is 2.26. The molecule has 0 radical (unpaired) electrons. The maximum Gasteiger partial charge on any atom is 0.262 e. The highest BCUT2D eigenvalue weighted by Gasteiger charge is 2.19. The number of rotatable bonds is 7. The molecule has 0 unspecified atom stereocenters. The number of fused-ring (bicyclic) bond motifs is 1. The summed E-state index contributed by atoms with van der Waals surface area (Å²) in [6.45, 7) is 4.09. The number of nitrogens with zero attached hydrogens (tertiary/aromatic N) is 4. The van der Waals surface area contributed by atoms with Crippen LogP contribution in [0.1, 0.15) is 43.6 Å². The molecule has 1 atom stereocenters. The van der Waals surface area contributed by atoms with Crippen LogP contribution in [0.4, 0.5) is 0 Å². The van der Waals surface area contributed by atoms with E-state index in [1.165, 1.54) is 11.8 Å². The van der Waals surface area contributed by atoms with Gasteiger partial charge < -0.3 is 4.52 Å². The maximum atomic E-state index is 13.3. The molecule has 0 aliphatic heterocycles. The first-order valence-corrected chi connectivity index (χ1v) is 10.7. The van der Waals surface area contributed by atoms with Crippen LogP contribution in [0.2, 0.25) is 0 Å². The van der Waals surface area contributed by atoms with Crippen molar-refractivity contribution in [1.82, 2.24) is 19.7 Å². The molecule has 4 aromatic rings. The molecule has 0 saturated heterocycles. The number of thioether (sulfide) groups is 1. The van der Waals surface area contributed by atoms with E-state index in [0.29, 0.717) is 33.5 Å². The van der Waals surface area contributed by atoms with E-state index in [1.54, 1.807) is 4.57 Å². The number of hydrogen-bond donors (Lipinski definition) is 0. The summed E-state index contributed by atoms with van der Waals surface area (Å²) in [4.78, 5) is 22.5. The Morgan fingerprint density at radius 1 is 1.07 bits per heavy atom. The largest absolute Gasteiger partial charge is 0.338 e. The van der Waals surface area contributed by atoms with Crippen LogP contribution < -0.4 is 5.56 Å². The monoisotopic (exact) mass is 406 g/mol. The number of aromatic nitrogens is 4. The molecule has 2 aromatic heterocycles. The topological polar surface area (TPSA) is 73.8 Å². The van der Waals surface area contributed by atoms with Crippen molar-refractivity contribution in [3.8, 4) is 0 Å². The molecular weight excluding hydrogens is 384 g/mol. The lowest BCUT2D eigenvalue weighted by molar-refractivity contribution is 0.384. The lowest BCUT2D eigenvalue weighted by Crippen LogP contribution is -2.27. The van der Waals surface area contributed by atoms with Gasteiger partial charge in [0.2, 0.25) is 5.89 Å². The van der Waals surface area contributed by atoms with Crippen molar-refractivity contribution >= 4 is 22.7 Å². The third kappa shape index (κ3) is 4.10. The number of aryl methyl sites for hydroxylation is 1. The van der Waals surface area contributed by atoms with Gasteiger partial charge in [-0.05, 0) is 31.0 Å². The zero-order chi connectivity index (χ0) is 20.2. The fourth-order valence-electron chi connectivity index (χ4n) is 3.25. The quantitative estimate of drug-likeness (QED) is 0.329. The number of benzene rings is 2. The van der Waals surface area contributed by atoms with Crippen LogP contribution in [0.5, 0.6) is 0 Å². The SMILES string of the molecule is CCCc1noc(CSc2nc3ccccc3c(=O)n2[C@@H](C)c2ccccc2)n1. The highest BCUT2D eigenvalue weighted by molar-refractivity contribution is 7.98. The summed E-state index contributed by atoms with van der Waals surface area (Å²) in [5.74, 6) is 1.72. The number of para-hydroxylation sites is 1. The molecule has 0 saturated carbocycles. The van der Waals surface area contributed by atoms with E-state index in [1.807, 2.05) is 61.5 Å². The van der Waals surface area contributed by atoms with Crippen LogP contribution in [0.15, 0.2) is 69.1 Å². The Hall–Kier alpha value is -2.93. The van der Waals surface area contributed by atoms with Crippen molar-refractivity contribution < 1.29 is 4.52 Å². The molecule has 0 bridgehead atoms. The molecule has 0 spiro atoms. The van der Waals surface area contributed by atoms with Gasteiger partial charge in [-0.25, -0.2) is 4.98 Å². The van der Waals surface area contributed by atoms with Crippen molar-refractivity contribution in [2.24, 2.45) is 0 Å². The molecule has 0 N–H and O–H groups in total. The molecule has 0 amide bonds. The first kappa shape index (κ1) is 19.4. The van der Waals surface area contributed by atoms with Crippen LogP contribution in [0.3, 0.4) is 0 Å². The summed E-state index contributed by atoms with van der Waals surface area (Å²) in [5.41, 5.74) is 1.69. The minimum Gasteiger partial charge on any atom is -0.338 e. The predicted molar refractivity (Wildman–Crippen MR) is 114 cm³/mol. The summed E-state index contributed by atoms with van der Waals surface area (Å²) in [6.07, 6.45) is 1.75. The fourth-order valence-corrected chi connectivity index (χ4v) is 4.16. The predicted octanol–water partition coefficient (Wildman–Crippen LogP) is 4.63. The molecule has 6 nitrogen and oxygen atoms in total. The summed E-state index contributed by atoms with van der Waals surface area (Å²) < 4.78 is 7.10. The Morgan fingerprint density at radius 3 is 2.62 bits per heavy atom. The third-order valence-corrected chi connectivity index (χ3v) is 5.69. The van der Waals surface area contributed by atoms with Gasteiger partial charge in [0.25, 0.3) is 5.56 Å². The lowest BCUT2D eigenvalue weighted by Gasteiger charge is -2.19. The average molecular weight is 407 g/mol. The fraction of sp³-hybridized carbons (Fsp3) is 0.273. The standard InChI is InChI=1S/C22H22N4O2S/c1-3-9-19-24-20(28-25-19)14-29-22-23-18-13-8-7-12-17(18)21(27)26(22)15(2)16-10-5-4-6-11-16/h4-8,10-13,15H,3,9,14H2,1-2H3/t15-/m0/s1. The third-order valence-electron chi connectivity index (χ3n) is 4.75. The highest BCUT2D eigenvalue weighted by atomic mass is 32.2. The van der Waals surface area contributed by atoms with E-state index in [0.717, 1.165) is 18.4 Å². The minimum atomic E-state index is -0.151. The molecule has 148 valence electrons. The normalized spacial score (nSPS) is 12.3. The van der Waals surface area contributed by atoms with Gasteiger partial charge in [0, 0.05) is 6.42 Å². The Labute approximate surface area is 173 Å². The van der Waals surface area contributed by atoms with E-state index in [-0.39, 0.29) is 11.6 Å². The van der Waals surface area contributed by atoms with Gasteiger partial charge in [-0.1, -0.05) is 66.3 Å². The van der Waals surface area contributed by atoms with E-state index < -0.39 is 0 Å². The van der Waals surface area contributed by atoms with Gasteiger partial charge in [-0.2, -0.15) is 4.98 Å². The number of hydrogen-bond acceptors (Lipinski definition) is 6. The molecule has 2 heterocycles. The van der Waals surface area contributed by atoms with Crippen molar-refractivity contribution in [2.45, 2.75) is 43.6 Å². The van der Waals surface area contributed by atoms with Crippen molar-refractivity contribution in [2.75, 3.05) is 0 Å². The second-order valence-corrected chi connectivity index (χ2v) is 7.76. The molecule has 4 rings (SSSR count). The Morgan fingerprint density at radius 2 is 1.83 bits per heavy atom. The summed E-state index contributed by atoms with van der Waals surface area (Å²) in [7, 11) is 0. The van der Waals surface area contributed by atoms with Gasteiger partial charge in [0.05, 0.1) is 22.7 Å². The zero-order valence-corrected chi connectivity index (χ0v) is 17.2. The van der Waals surface area contributed by atoms with Crippen LogP contribution in [-0.2, 0) is 12.2 Å². The average Bonchev–Trinajstić information content (AvgIpc) is 3.20. The molecule has 7 heteroatoms. The molecule has 0 aliphatic carbocycles. The van der Waals surface area contributed by atoms with E-state index in [9.17, 15) is 4.79 Å². The minimum absolute atomic E-state index is 0.0494. The second-order valence-electron chi connectivity index (χ2n) is 6.82. The van der Waals surface area contributed by atoms with Crippen LogP contribution >= 0.6 is 11.8 Å². The summed E-state index contributed by atoms with van der Waals surface area (Å²) in [5, 5.41) is 5.26. The van der Waals surface area contributed by atoms with Crippen molar-refractivity contribution in [3.63, 3.8) is 0 Å². The van der Waals surface area contributed by atoms with Crippen molar-refractivity contribution in [3.05, 3.63) is 82.2 Å². The van der Waals surface area contributed by atoms with Crippen molar-refractivity contribution in [1.29, 1.82) is 0 Å². The summed E-state index contributed by atoms with van der Waals surface area (Å²) in [6, 6.07) is 17.3. The van der Waals surface area contributed by atoms with E-state index in [4.69, 9.17) is 9.51 Å². The van der Waals surface area contributed by atoms with Crippen LogP contribution in [0, 0.1) is 0 Å². The molecule has 0 aliphatic rings. The maximum absolute atomic E-state index is 13.3. The summed E-state index contributed by atoms with van der Waals surface area (Å²) >= 11 is 1.44. The van der Waals surface area contributed by atoms with Gasteiger partial charge in [0.15, 0.2) is 11.0 Å². The Kier molecular flexibility index (Phi) is 5.76. The molecular formula is C22H22N4O2S. The van der Waals surface area contributed by atoms with Crippen LogP contribution in [0.25, 0.3) is 10.9 Å². The lowest BCUT2D eigenvalue weighted by atomic mass is 10.1. The van der Waals surface area contributed by atoms with E-state index in [2.05, 4.69) is 17.1 Å². The van der Waals surface area contributed by atoms with Gasteiger partial charge in [0.1, 0.15) is 0 Å². The van der Waals surface area contributed by atoms with E-state index >= 15 is 0 Å². The smallest absolute Gasteiger partial charge is 0.262 e. The molecule has 29 heavy (non-hydrogen) atoms. The second kappa shape index (κ2) is 8.61. The first-order chi connectivity index (χ1) is 14.2. The van der Waals surface area contributed by atoms with Crippen LogP contribution in [-0.4, -0.2) is 19.7 Å². The molecule has 2 aromatic carbocycles. The van der Waals surface area contributed by atoms with Gasteiger partial charge in [-0.15, -0.1) is 0 Å². The van der Waals surface area contributed by atoms with Gasteiger partial charge in [-0.3, -0.25) is 9.36 Å².